The number of hydrogen-bond donors (Lipinski definition) is 1. The van der Waals surface area contributed by atoms with E-state index in [1.54, 1.807) is 7.11 Å². The van der Waals surface area contributed by atoms with Gasteiger partial charge in [-0.1, -0.05) is 23.8 Å². The monoisotopic (exact) mass is 336 g/mol. The van der Waals surface area contributed by atoms with Crippen molar-refractivity contribution in [2.45, 2.75) is 19.9 Å². The molecule has 0 aliphatic carbocycles. The molecule has 2 aromatic carbocycles. The van der Waals surface area contributed by atoms with Gasteiger partial charge in [-0.05, 0) is 68.4 Å². The van der Waals surface area contributed by atoms with Crippen molar-refractivity contribution in [1.29, 1.82) is 0 Å². The second-order valence-electron chi connectivity index (χ2n) is 6.55. The topological polar surface area (TPSA) is 54.0 Å². The number of rotatable bonds is 5. The molecule has 25 heavy (non-hydrogen) atoms. The molecule has 0 radical (unpaired) electrons. The molecule has 0 aliphatic heterocycles. The van der Waals surface area contributed by atoms with Crippen molar-refractivity contribution in [3.8, 4) is 16.9 Å². The van der Waals surface area contributed by atoms with Gasteiger partial charge in [0, 0.05) is 0 Å². The van der Waals surface area contributed by atoms with E-state index in [0.29, 0.717) is 0 Å². The zero-order valence-electron chi connectivity index (χ0n) is 15.4. The maximum atomic E-state index is 5.56. The summed E-state index contributed by atoms with van der Waals surface area (Å²) in [6.07, 6.45) is 1.54. The first kappa shape index (κ1) is 17.2. The summed E-state index contributed by atoms with van der Waals surface area (Å²) in [4.78, 5) is 6.46. The molecule has 1 N–H and O–H groups in total. The number of aryl methyl sites for hydroxylation is 2. The number of aromatic nitrogens is 3. The van der Waals surface area contributed by atoms with Crippen LogP contribution in [0.3, 0.4) is 0 Å². The molecule has 0 spiro atoms. The van der Waals surface area contributed by atoms with Gasteiger partial charge in [-0.3, -0.25) is 10.00 Å². The van der Waals surface area contributed by atoms with E-state index in [2.05, 4.69) is 70.3 Å². The van der Waals surface area contributed by atoms with Crippen molar-refractivity contribution in [3.63, 3.8) is 0 Å². The van der Waals surface area contributed by atoms with Crippen LogP contribution in [-0.2, 0) is 0 Å². The van der Waals surface area contributed by atoms with Crippen LogP contribution < -0.4 is 4.74 Å². The second kappa shape index (κ2) is 7.07. The minimum absolute atomic E-state index is 0.0258. The summed E-state index contributed by atoms with van der Waals surface area (Å²) >= 11 is 0. The third-order valence-electron chi connectivity index (χ3n) is 4.38. The number of hydrogen-bond acceptors (Lipinski definition) is 4. The van der Waals surface area contributed by atoms with Gasteiger partial charge in [-0.25, -0.2) is 4.98 Å². The van der Waals surface area contributed by atoms with Gasteiger partial charge >= 0.3 is 0 Å². The first-order valence-corrected chi connectivity index (χ1v) is 8.28. The van der Waals surface area contributed by atoms with Gasteiger partial charge < -0.3 is 4.74 Å². The lowest BCUT2D eigenvalue weighted by Gasteiger charge is -2.24. The Morgan fingerprint density at radius 1 is 1.08 bits per heavy atom. The zero-order valence-corrected chi connectivity index (χ0v) is 15.4. The van der Waals surface area contributed by atoms with Crippen LogP contribution in [0, 0.1) is 13.8 Å². The fourth-order valence-corrected chi connectivity index (χ4v) is 3.24. The van der Waals surface area contributed by atoms with E-state index >= 15 is 0 Å². The molecule has 1 aromatic heterocycles. The number of H-pyrrole nitrogens is 1. The van der Waals surface area contributed by atoms with Gasteiger partial charge in [0.2, 0.25) is 0 Å². The lowest BCUT2D eigenvalue weighted by molar-refractivity contribution is 0.329. The van der Waals surface area contributed by atoms with Crippen LogP contribution in [0.15, 0.2) is 42.7 Å². The molecule has 5 nitrogen and oxygen atoms in total. The van der Waals surface area contributed by atoms with Gasteiger partial charge in [0.1, 0.15) is 17.9 Å². The molecule has 0 saturated heterocycles. The fourth-order valence-electron chi connectivity index (χ4n) is 3.24. The van der Waals surface area contributed by atoms with Crippen LogP contribution in [0.5, 0.6) is 5.75 Å². The van der Waals surface area contributed by atoms with Crippen LogP contribution in [0.25, 0.3) is 11.1 Å². The van der Waals surface area contributed by atoms with E-state index < -0.39 is 0 Å². The van der Waals surface area contributed by atoms with Crippen molar-refractivity contribution >= 4 is 0 Å². The SMILES string of the molecule is COc1cc(-c2ccc(C)cc2C)cc(C(c2ncn[nH]2)N(C)C)c1. The van der Waals surface area contributed by atoms with Crippen molar-refractivity contribution in [3.05, 3.63) is 65.2 Å². The molecule has 0 fully saturated rings. The Hall–Kier alpha value is -2.66. The smallest absolute Gasteiger partial charge is 0.146 e. The first-order chi connectivity index (χ1) is 12.0. The molecule has 130 valence electrons. The number of nitrogens with one attached hydrogen (secondary N) is 1. The number of aromatic amines is 1. The third-order valence-corrected chi connectivity index (χ3v) is 4.38. The molecule has 3 aromatic rings. The average molecular weight is 336 g/mol. The number of ether oxygens (including phenoxy) is 1. The molecule has 0 aliphatic rings. The summed E-state index contributed by atoms with van der Waals surface area (Å²) in [7, 11) is 5.76. The van der Waals surface area contributed by atoms with Crippen molar-refractivity contribution in [1.82, 2.24) is 20.1 Å². The van der Waals surface area contributed by atoms with E-state index in [1.807, 2.05) is 14.1 Å². The maximum absolute atomic E-state index is 5.56. The van der Waals surface area contributed by atoms with Gasteiger partial charge in [0.25, 0.3) is 0 Å². The highest BCUT2D eigenvalue weighted by molar-refractivity contribution is 5.70. The third kappa shape index (κ3) is 3.56. The van der Waals surface area contributed by atoms with Crippen LogP contribution in [0.1, 0.15) is 28.6 Å². The van der Waals surface area contributed by atoms with E-state index in [1.165, 1.54) is 23.0 Å². The number of nitrogens with zero attached hydrogens (tertiary/aromatic N) is 3. The van der Waals surface area contributed by atoms with Crippen molar-refractivity contribution in [2.75, 3.05) is 21.2 Å². The Kier molecular flexibility index (Phi) is 4.86. The van der Waals surface area contributed by atoms with Crippen LogP contribution >= 0.6 is 0 Å². The van der Waals surface area contributed by atoms with Gasteiger partial charge in [-0.15, -0.1) is 0 Å². The van der Waals surface area contributed by atoms with Gasteiger partial charge in [-0.2, -0.15) is 5.10 Å². The van der Waals surface area contributed by atoms with E-state index in [4.69, 9.17) is 4.74 Å². The lowest BCUT2D eigenvalue weighted by atomic mass is 9.94. The molecule has 0 bridgehead atoms. The molecule has 1 atom stereocenters. The van der Waals surface area contributed by atoms with Crippen LogP contribution in [0.2, 0.25) is 0 Å². The van der Waals surface area contributed by atoms with E-state index in [9.17, 15) is 0 Å². The first-order valence-electron chi connectivity index (χ1n) is 8.28. The summed E-state index contributed by atoms with van der Waals surface area (Å²) in [5, 5.41) is 6.99. The largest absolute Gasteiger partial charge is 0.497 e. The Morgan fingerprint density at radius 2 is 1.88 bits per heavy atom. The summed E-state index contributed by atoms with van der Waals surface area (Å²) in [6.45, 7) is 4.25. The maximum Gasteiger partial charge on any atom is 0.146 e. The fraction of sp³-hybridized carbons (Fsp3) is 0.300. The predicted octanol–water partition coefficient (Wildman–Crippen LogP) is 3.75. The standard InChI is InChI=1S/C20H24N4O/c1-13-6-7-18(14(2)8-13)15-9-16(11-17(10-15)25-5)19(24(3)4)20-21-12-22-23-20/h6-12,19H,1-5H3,(H,21,22,23). The minimum atomic E-state index is -0.0258. The highest BCUT2D eigenvalue weighted by Crippen LogP contribution is 2.33. The molecule has 3 rings (SSSR count). The van der Waals surface area contributed by atoms with E-state index in [0.717, 1.165) is 22.7 Å². The summed E-state index contributed by atoms with van der Waals surface area (Å²) in [5.41, 5.74) is 5.97. The molecular formula is C20H24N4O. The predicted molar refractivity (Wildman–Crippen MR) is 99.8 cm³/mol. The van der Waals surface area contributed by atoms with Crippen LogP contribution in [-0.4, -0.2) is 41.3 Å². The second-order valence-corrected chi connectivity index (χ2v) is 6.55. The quantitative estimate of drug-likeness (QED) is 0.771. The summed E-state index contributed by atoms with van der Waals surface area (Å²) in [6, 6.07) is 12.8. The Morgan fingerprint density at radius 3 is 2.48 bits per heavy atom. The average Bonchev–Trinajstić information content (AvgIpc) is 3.08. The Balaban J connectivity index is 2.14. The molecule has 5 heteroatoms. The normalized spacial score (nSPS) is 12.4. The highest BCUT2D eigenvalue weighted by atomic mass is 16.5. The molecular weight excluding hydrogens is 312 g/mol. The number of methoxy groups -OCH3 is 1. The Bertz CT molecular complexity index is 856. The number of benzene rings is 2. The zero-order chi connectivity index (χ0) is 18.0. The lowest BCUT2D eigenvalue weighted by Crippen LogP contribution is -2.22. The molecule has 0 saturated carbocycles. The molecule has 1 unspecified atom stereocenters. The van der Waals surface area contributed by atoms with Crippen LogP contribution in [0.4, 0.5) is 0 Å². The van der Waals surface area contributed by atoms with Crippen molar-refractivity contribution < 1.29 is 4.74 Å². The van der Waals surface area contributed by atoms with Gasteiger partial charge in [0.05, 0.1) is 13.2 Å². The summed E-state index contributed by atoms with van der Waals surface area (Å²) in [5.74, 6) is 1.64. The summed E-state index contributed by atoms with van der Waals surface area (Å²) < 4.78 is 5.56. The highest BCUT2D eigenvalue weighted by Gasteiger charge is 2.21. The minimum Gasteiger partial charge on any atom is -0.497 e. The molecule has 1 heterocycles. The van der Waals surface area contributed by atoms with Crippen molar-refractivity contribution in [2.24, 2.45) is 0 Å². The Labute approximate surface area is 148 Å². The van der Waals surface area contributed by atoms with E-state index in [-0.39, 0.29) is 6.04 Å². The molecule has 0 amide bonds. The van der Waals surface area contributed by atoms with Gasteiger partial charge in [0.15, 0.2) is 0 Å².